The van der Waals surface area contributed by atoms with Crippen LogP contribution in [0.2, 0.25) is 0 Å². The number of aliphatic hydroxyl groups is 1. The van der Waals surface area contributed by atoms with Crippen molar-refractivity contribution in [2.75, 3.05) is 39.2 Å². The number of methoxy groups -OCH3 is 2. The van der Waals surface area contributed by atoms with E-state index in [9.17, 15) is 4.79 Å². The summed E-state index contributed by atoms with van der Waals surface area (Å²) in [7, 11) is 3.13. The zero-order valence-corrected chi connectivity index (χ0v) is 12.5. The van der Waals surface area contributed by atoms with Crippen LogP contribution in [0.5, 0.6) is 11.5 Å². The van der Waals surface area contributed by atoms with Crippen molar-refractivity contribution >= 4 is 11.6 Å². The number of ether oxygens (including phenoxy) is 2. The Morgan fingerprint density at radius 3 is 2.71 bits per heavy atom. The molecule has 1 aromatic rings. The van der Waals surface area contributed by atoms with E-state index in [2.05, 4.69) is 5.32 Å². The second-order valence-corrected chi connectivity index (χ2v) is 5.04. The standard InChI is InChI=1S/C15H22N2O4/c1-20-12-5-6-14(21-2)13(9-12)16-15(19)10-17(7-8-18)11-3-4-11/h5-6,9,11,18H,3-4,7-8,10H2,1-2H3,(H,16,19). The van der Waals surface area contributed by atoms with Crippen molar-refractivity contribution in [1.29, 1.82) is 0 Å². The molecular formula is C15H22N2O4. The zero-order chi connectivity index (χ0) is 15.2. The number of hydrogen-bond donors (Lipinski definition) is 2. The molecule has 116 valence electrons. The summed E-state index contributed by atoms with van der Waals surface area (Å²) in [6, 6.07) is 5.68. The van der Waals surface area contributed by atoms with Gasteiger partial charge in [0.2, 0.25) is 5.91 Å². The number of aliphatic hydroxyl groups excluding tert-OH is 1. The van der Waals surface area contributed by atoms with Crippen LogP contribution in [0, 0.1) is 0 Å². The first-order valence-corrected chi connectivity index (χ1v) is 7.04. The normalized spacial score (nSPS) is 14.1. The first-order chi connectivity index (χ1) is 10.2. The Labute approximate surface area is 124 Å². The van der Waals surface area contributed by atoms with E-state index in [1.807, 2.05) is 4.90 Å². The Morgan fingerprint density at radius 1 is 1.38 bits per heavy atom. The van der Waals surface area contributed by atoms with Crippen LogP contribution in [-0.2, 0) is 4.79 Å². The minimum absolute atomic E-state index is 0.0618. The molecule has 0 saturated heterocycles. The molecule has 0 spiro atoms. The topological polar surface area (TPSA) is 71.0 Å². The number of amides is 1. The summed E-state index contributed by atoms with van der Waals surface area (Å²) in [5.41, 5.74) is 0.585. The van der Waals surface area contributed by atoms with Gasteiger partial charge in [-0.1, -0.05) is 0 Å². The monoisotopic (exact) mass is 294 g/mol. The van der Waals surface area contributed by atoms with Gasteiger partial charge in [0.05, 0.1) is 33.1 Å². The minimum atomic E-state index is -0.123. The highest BCUT2D eigenvalue weighted by Crippen LogP contribution is 2.29. The molecule has 6 heteroatoms. The Hall–Kier alpha value is -1.79. The fourth-order valence-electron chi connectivity index (χ4n) is 2.24. The van der Waals surface area contributed by atoms with Crippen molar-refractivity contribution in [2.24, 2.45) is 0 Å². The number of rotatable bonds is 8. The fourth-order valence-corrected chi connectivity index (χ4v) is 2.24. The van der Waals surface area contributed by atoms with E-state index >= 15 is 0 Å². The van der Waals surface area contributed by atoms with E-state index < -0.39 is 0 Å². The molecule has 0 radical (unpaired) electrons. The van der Waals surface area contributed by atoms with Crippen LogP contribution in [0.4, 0.5) is 5.69 Å². The molecule has 6 nitrogen and oxygen atoms in total. The van der Waals surface area contributed by atoms with Crippen molar-refractivity contribution in [3.8, 4) is 11.5 Å². The predicted octanol–water partition coefficient (Wildman–Crippen LogP) is 1.10. The highest BCUT2D eigenvalue weighted by molar-refractivity contribution is 5.94. The van der Waals surface area contributed by atoms with Gasteiger partial charge < -0.3 is 19.9 Å². The zero-order valence-electron chi connectivity index (χ0n) is 12.5. The molecule has 0 aliphatic heterocycles. The summed E-state index contributed by atoms with van der Waals surface area (Å²) in [5, 5.41) is 11.9. The van der Waals surface area contributed by atoms with Gasteiger partial charge in [0, 0.05) is 18.7 Å². The number of nitrogens with zero attached hydrogens (tertiary/aromatic N) is 1. The number of carbonyl (C=O) groups excluding carboxylic acids is 1. The number of nitrogens with one attached hydrogen (secondary N) is 1. The van der Waals surface area contributed by atoms with Crippen molar-refractivity contribution in [3.63, 3.8) is 0 Å². The summed E-state index contributed by atoms with van der Waals surface area (Å²) >= 11 is 0. The highest BCUT2D eigenvalue weighted by Gasteiger charge is 2.29. The second-order valence-electron chi connectivity index (χ2n) is 5.04. The van der Waals surface area contributed by atoms with E-state index in [1.54, 1.807) is 32.4 Å². The van der Waals surface area contributed by atoms with Crippen LogP contribution in [-0.4, -0.2) is 55.9 Å². The van der Waals surface area contributed by atoms with Crippen LogP contribution < -0.4 is 14.8 Å². The molecule has 0 aromatic heterocycles. The summed E-state index contributed by atoms with van der Waals surface area (Å²) in [5.74, 6) is 1.12. The van der Waals surface area contributed by atoms with Gasteiger partial charge in [-0.3, -0.25) is 9.69 Å². The maximum atomic E-state index is 12.2. The second kappa shape index (κ2) is 7.28. The highest BCUT2D eigenvalue weighted by atomic mass is 16.5. The van der Waals surface area contributed by atoms with E-state index in [-0.39, 0.29) is 19.1 Å². The Bertz CT molecular complexity index is 489. The molecule has 0 atom stereocenters. The van der Waals surface area contributed by atoms with Gasteiger partial charge in [0.15, 0.2) is 0 Å². The molecule has 21 heavy (non-hydrogen) atoms. The Balaban J connectivity index is 2.00. The first-order valence-electron chi connectivity index (χ1n) is 7.04. The molecule has 1 aromatic carbocycles. The summed E-state index contributed by atoms with van der Waals surface area (Å²) in [4.78, 5) is 14.2. The maximum absolute atomic E-state index is 12.2. The molecule has 1 saturated carbocycles. The van der Waals surface area contributed by atoms with Crippen LogP contribution in [0.15, 0.2) is 18.2 Å². The predicted molar refractivity (Wildman–Crippen MR) is 79.9 cm³/mol. The van der Waals surface area contributed by atoms with Gasteiger partial charge >= 0.3 is 0 Å². The molecule has 2 rings (SSSR count). The molecule has 1 aliphatic carbocycles. The Kier molecular flexibility index (Phi) is 5.41. The fraction of sp³-hybridized carbons (Fsp3) is 0.533. The first kappa shape index (κ1) is 15.6. The van der Waals surface area contributed by atoms with E-state index in [0.717, 1.165) is 12.8 Å². The lowest BCUT2D eigenvalue weighted by atomic mass is 10.2. The van der Waals surface area contributed by atoms with Gasteiger partial charge in [-0.2, -0.15) is 0 Å². The number of anilines is 1. The van der Waals surface area contributed by atoms with Gasteiger partial charge in [0.1, 0.15) is 11.5 Å². The van der Waals surface area contributed by atoms with Gasteiger partial charge in [-0.15, -0.1) is 0 Å². The lowest BCUT2D eigenvalue weighted by Gasteiger charge is -2.20. The van der Waals surface area contributed by atoms with E-state index in [1.165, 1.54) is 0 Å². The summed E-state index contributed by atoms with van der Waals surface area (Å²) in [6.07, 6.45) is 2.19. The molecular weight excluding hydrogens is 272 g/mol. The van der Waals surface area contributed by atoms with Crippen LogP contribution in [0.1, 0.15) is 12.8 Å². The summed E-state index contributed by atoms with van der Waals surface area (Å²) < 4.78 is 10.4. The van der Waals surface area contributed by atoms with Crippen molar-refractivity contribution in [1.82, 2.24) is 4.90 Å². The molecule has 1 fully saturated rings. The minimum Gasteiger partial charge on any atom is -0.497 e. The number of hydrogen-bond acceptors (Lipinski definition) is 5. The average Bonchev–Trinajstić information content (AvgIpc) is 3.31. The largest absolute Gasteiger partial charge is 0.497 e. The van der Waals surface area contributed by atoms with Crippen LogP contribution in [0.25, 0.3) is 0 Å². The SMILES string of the molecule is COc1ccc(OC)c(NC(=O)CN(CCO)C2CC2)c1. The smallest absolute Gasteiger partial charge is 0.238 e. The third-order valence-electron chi connectivity index (χ3n) is 3.48. The molecule has 0 unspecified atom stereocenters. The van der Waals surface area contributed by atoms with Crippen molar-refractivity contribution in [3.05, 3.63) is 18.2 Å². The molecule has 1 aliphatic rings. The maximum Gasteiger partial charge on any atom is 0.238 e. The average molecular weight is 294 g/mol. The molecule has 1 amide bonds. The van der Waals surface area contributed by atoms with Gasteiger partial charge in [0.25, 0.3) is 0 Å². The lowest BCUT2D eigenvalue weighted by molar-refractivity contribution is -0.117. The molecule has 0 bridgehead atoms. The van der Waals surface area contributed by atoms with Crippen LogP contribution >= 0.6 is 0 Å². The lowest BCUT2D eigenvalue weighted by Crippen LogP contribution is -2.36. The summed E-state index contributed by atoms with van der Waals surface area (Å²) in [6.45, 7) is 0.852. The molecule has 2 N–H and O–H groups in total. The van der Waals surface area contributed by atoms with Crippen LogP contribution in [0.3, 0.4) is 0 Å². The van der Waals surface area contributed by atoms with Crippen molar-refractivity contribution in [2.45, 2.75) is 18.9 Å². The van der Waals surface area contributed by atoms with E-state index in [0.29, 0.717) is 29.8 Å². The number of benzene rings is 1. The third-order valence-corrected chi connectivity index (χ3v) is 3.48. The molecule has 0 heterocycles. The third kappa shape index (κ3) is 4.34. The van der Waals surface area contributed by atoms with Gasteiger partial charge in [-0.25, -0.2) is 0 Å². The van der Waals surface area contributed by atoms with Crippen molar-refractivity contribution < 1.29 is 19.4 Å². The number of carbonyl (C=O) groups is 1. The van der Waals surface area contributed by atoms with Gasteiger partial charge in [-0.05, 0) is 25.0 Å². The Morgan fingerprint density at radius 2 is 2.14 bits per heavy atom. The van der Waals surface area contributed by atoms with E-state index in [4.69, 9.17) is 14.6 Å². The quantitative estimate of drug-likeness (QED) is 0.751.